The number of aryl methyl sites for hydroxylation is 1. The molecular weight excluding hydrogens is 330 g/mol. The highest BCUT2D eigenvalue weighted by atomic mass is 32.2. The molecule has 1 aromatic carbocycles. The van der Waals surface area contributed by atoms with Crippen molar-refractivity contribution in [3.05, 3.63) is 29.8 Å². The fourth-order valence-corrected chi connectivity index (χ4v) is 4.89. The third kappa shape index (κ3) is 3.42. The Morgan fingerprint density at radius 2 is 1.92 bits per heavy atom. The number of fused-ring (bicyclic) bond motifs is 1. The SMILES string of the molecule is Cc1ccc(S(=O)(=O)OC[C@@H]2C[C@@H]3CCCC[C@@H]3N2C(=O)O)cc1. The topological polar surface area (TPSA) is 83.9 Å². The Balaban J connectivity index is 1.70. The van der Waals surface area contributed by atoms with E-state index in [2.05, 4.69) is 0 Å². The zero-order chi connectivity index (χ0) is 17.3. The molecule has 0 spiro atoms. The Morgan fingerprint density at radius 3 is 2.58 bits per heavy atom. The van der Waals surface area contributed by atoms with Gasteiger partial charge in [-0.1, -0.05) is 30.5 Å². The van der Waals surface area contributed by atoms with Crippen LogP contribution in [0.15, 0.2) is 29.2 Å². The van der Waals surface area contributed by atoms with E-state index in [-0.39, 0.29) is 17.5 Å². The molecule has 1 aliphatic heterocycles. The second-order valence-electron chi connectivity index (χ2n) is 6.74. The molecule has 1 N–H and O–H groups in total. The van der Waals surface area contributed by atoms with Crippen molar-refractivity contribution in [3.63, 3.8) is 0 Å². The lowest BCUT2D eigenvalue weighted by molar-refractivity contribution is 0.0950. The first kappa shape index (κ1) is 17.2. The molecule has 1 aromatic rings. The number of hydrogen-bond donors (Lipinski definition) is 1. The van der Waals surface area contributed by atoms with E-state index in [1.54, 1.807) is 12.1 Å². The van der Waals surface area contributed by atoms with Gasteiger partial charge in [-0.25, -0.2) is 4.79 Å². The molecule has 7 heteroatoms. The zero-order valence-electron chi connectivity index (χ0n) is 13.7. The van der Waals surface area contributed by atoms with Crippen molar-refractivity contribution >= 4 is 16.2 Å². The minimum absolute atomic E-state index is 0.00642. The van der Waals surface area contributed by atoms with Crippen molar-refractivity contribution in [2.24, 2.45) is 5.92 Å². The Kier molecular flexibility index (Phi) is 4.83. The van der Waals surface area contributed by atoms with Crippen molar-refractivity contribution in [3.8, 4) is 0 Å². The quantitative estimate of drug-likeness (QED) is 0.841. The minimum atomic E-state index is -3.87. The fourth-order valence-electron chi connectivity index (χ4n) is 3.95. The molecule has 0 unspecified atom stereocenters. The summed E-state index contributed by atoms with van der Waals surface area (Å²) in [4.78, 5) is 13.1. The summed E-state index contributed by atoms with van der Waals surface area (Å²) in [5.41, 5.74) is 0.964. The first-order valence-electron chi connectivity index (χ1n) is 8.36. The number of carboxylic acid groups (broad SMARTS) is 1. The van der Waals surface area contributed by atoms with Gasteiger partial charge in [-0.15, -0.1) is 0 Å². The maximum Gasteiger partial charge on any atom is 0.407 e. The first-order valence-corrected chi connectivity index (χ1v) is 9.76. The van der Waals surface area contributed by atoms with E-state index in [1.807, 2.05) is 6.92 Å². The maximum atomic E-state index is 12.3. The molecule has 0 aromatic heterocycles. The predicted octanol–water partition coefficient (Wildman–Crippen LogP) is 3.01. The molecule has 3 atom stereocenters. The molecule has 0 bridgehead atoms. The smallest absolute Gasteiger partial charge is 0.407 e. The van der Waals surface area contributed by atoms with Crippen molar-refractivity contribution in [2.75, 3.05) is 6.61 Å². The number of rotatable bonds is 4. The van der Waals surface area contributed by atoms with E-state index in [9.17, 15) is 18.3 Å². The van der Waals surface area contributed by atoms with E-state index in [0.29, 0.717) is 12.3 Å². The highest BCUT2D eigenvalue weighted by Gasteiger charge is 2.45. The maximum absolute atomic E-state index is 12.3. The van der Waals surface area contributed by atoms with Gasteiger partial charge in [0.1, 0.15) is 0 Å². The van der Waals surface area contributed by atoms with Crippen LogP contribution in [0.4, 0.5) is 4.79 Å². The highest BCUT2D eigenvalue weighted by Crippen LogP contribution is 2.40. The highest BCUT2D eigenvalue weighted by molar-refractivity contribution is 7.86. The average molecular weight is 353 g/mol. The molecule has 2 fully saturated rings. The standard InChI is InChI=1S/C17H23NO5S/c1-12-6-8-15(9-7-12)24(21,22)23-11-14-10-13-4-2-3-5-16(13)18(14)17(19)20/h6-9,13-14,16H,2-5,10-11H2,1H3,(H,19,20)/t13-,14-,16-/m0/s1. The van der Waals surface area contributed by atoms with Crippen molar-refractivity contribution in [2.45, 2.75) is 56.0 Å². The van der Waals surface area contributed by atoms with Crippen LogP contribution in [0.2, 0.25) is 0 Å². The molecule has 1 saturated heterocycles. The van der Waals surface area contributed by atoms with Gasteiger partial charge < -0.3 is 5.11 Å². The largest absolute Gasteiger partial charge is 0.465 e. The van der Waals surface area contributed by atoms with Crippen molar-refractivity contribution < 1.29 is 22.5 Å². The number of hydrogen-bond acceptors (Lipinski definition) is 4. The third-order valence-electron chi connectivity index (χ3n) is 5.14. The summed E-state index contributed by atoms with van der Waals surface area (Å²) in [6, 6.07) is 6.05. The molecule has 1 amide bonds. The Bertz CT molecular complexity index is 700. The lowest BCUT2D eigenvalue weighted by Crippen LogP contribution is -2.44. The van der Waals surface area contributed by atoms with Crippen molar-refractivity contribution in [1.29, 1.82) is 0 Å². The van der Waals surface area contributed by atoms with Crippen LogP contribution in [0.25, 0.3) is 0 Å². The summed E-state index contributed by atoms with van der Waals surface area (Å²) in [5, 5.41) is 9.52. The Morgan fingerprint density at radius 1 is 1.25 bits per heavy atom. The van der Waals surface area contributed by atoms with Crippen LogP contribution in [0.3, 0.4) is 0 Å². The molecule has 0 radical (unpaired) electrons. The van der Waals surface area contributed by atoms with E-state index in [0.717, 1.165) is 31.2 Å². The Labute approximate surface area is 142 Å². The van der Waals surface area contributed by atoms with Gasteiger partial charge in [0.15, 0.2) is 0 Å². The van der Waals surface area contributed by atoms with Crippen LogP contribution in [-0.4, -0.2) is 43.2 Å². The monoisotopic (exact) mass is 353 g/mol. The predicted molar refractivity (Wildman–Crippen MR) is 88.3 cm³/mol. The number of carbonyl (C=O) groups is 1. The molecule has 3 rings (SSSR count). The van der Waals surface area contributed by atoms with Crippen molar-refractivity contribution in [1.82, 2.24) is 4.90 Å². The van der Waals surface area contributed by atoms with Crippen LogP contribution in [-0.2, 0) is 14.3 Å². The van der Waals surface area contributed by atoms with Gasteiger partial charge in [-0.3, -0.25) is 9.08 Å². The van der Waals surface area contributed by atoms with Gasteiger partial charge in [-0.2, -0.15) is 8.42 Å². The summed E-state index contributed by atoms with van der Waals surface area (Å²) in [6.07, 6.45) is 3.71. The van der Waals surface area contributed by atoms with Gasteiger partial charge in [0, 0.05) is 6.04 Å². The third-order valence-corrected chi connectivity index (χ3v) is 6.44. The number of likely N-dealkylation sites (tertiary alicyclic amines) is 1. The van der Waals surface area contributed by atoms with Gasteiger partial charge in [0.05, 0.1) is 17.5 Å². The summed E-state index contributed by atoms with van der Waals surface area (Å²) in [7, 11) is -3.87. The second-order valence-corrected chi connectivity index (χ2v) is 8.36. The summed E-state index contributed by atoms with van der Waals surface area (Å²) < 4.78 is 29.8. The molecule has 24 heavy (non-hydrogen) atoms. The minimum Gasteiger partial charge on any atom is -0.465 e. The molecule has 1 saturated carbocycles. The molecular formula is C17H23NO5S. The summed E-state index contributed by atoms with van der Waals surface area (Å²) >= 11 is 0. The normalized spacial score (nSPS) is 27.0. The van der Waals surface area contributed by atoms with Gasteiger partial charge >= 0.3 is 6.09 Å². The molecule has 132 valence electrons. The van der Waals surface area contributed by atoms with Gasteiger partial charge in [-0.05, 0) is 44.2 Å². The zero-order valence-corrected chi connectivity index (χ0v) is 14.5. The van der Waals surface area contributed by atoms with E-state index in [1.165, 1.54) is 17.0 Å². The summed E-state index contributed by atoms with van der Waals surface area (Å²) in [5.74, 6) is 0.325. The molecule has 1 aliphatic carbocycles. The summed E-state index contributed by atoms with van der Waals surface area (Å²) in [6.45, 7) is 1.76. The van der Waals surface area contributed by atoms with E-state index < -0.39 is 22.3 Å². The lowest BCUT2D eigenvalue weighted by Gasteiger charge is -2.31. The van der Waals surface area contributed by atoms with E-state index >= 15 is 0 Å². The van der Waals surface area contributed by atoms with Crippen LogP contribution in [0, 0.1) is 12.8 Å². The fraction of sp³-hybridized carbons (Fsp3) is 0.588. The van der Waals surface area contributed by atoms with Crippen LogP contribution < -0.4 is 0 Å². The Hall–Kier alpha value is -1.60. The van der Waals surface area contributed by atoms with Crippen LogP contribution in [0.1, 0.15) is 37.7 Å². The number of nitrogens with zero attached hydrogens (tertiary/aromatic N) is 1. The lowest BCUT2D eigenvalue weighted by atomic mass is 9.85. The average Bonchev–Trinajstić information content (AvgIpc) is 2.92. The van der Waals surface area contributed by atoms with Gasteiger partial charge in [0.2, 0.25) is 0 Å². The first-order chi connectivity index (χ1) is 11.4. The number of amides is 1. The number of benzene rings is 1. The molecule has 2 aliphatic rings. The second kappa shape index (κ2) is 6.72. The molecule has 1 heterocycles. The molecule has 6 nitrogen and oxygen atoms in total. The van der Waals surface area contributed by atoms with Gasteiger partial charge in [0.25, 0.3) is 10.1 Å². The van der Waals surface area contributed by atoms with E-state index in [4.69, 9.17) is 4.18 Å². The van der Waals surface area contributed by atoms with Crippen LogP contribution in [0.5, 0.6) is 0 Å². The van der Waals surface area contributed by atoms with Crippen LogP contribution >= 0.6 is 0 Å².